The molecule has 28 heavy (non-hydrogen) atoms. The summed E-state index contributed by atoms with van der Waals surface area (Å²) in [5, 5.41) is 4.53. The summed E-state index contributed by atoms with van der Waals surface area (Å²) in [4.78, 5) is 25.3. The fourth-order valence-corrected chi connectivity index (χ4v) is 3.67. The van der Waals surface area contributed by atoms with Crippen LogP contribution in [0.5, 0.6) is 0 Å². The van der Waals surface area contributed by atoms with Crippen molar-refractivity contribution in [1.29, 1.82) is 0 Å². The third-order valence-electron chi connectivity index (χ3n) is 5.56. The van der Waals surface area contributed by atoms with Gasteiger partial charge in [0.25, 0.3) is 5.56 Å². The molecule has 0 bridgehead atoms. The van der Waals surface area contributed by atoms with Crippen molar-refractivity contribution in [3.05, 3.63) is 16.0 Å². The van der Waals surface area contributed by atoms with Gasteiger partial charge < -0.3 is 9.64 Å². The van der Waals surface area contributed by atoms with Crippen molar-refractivity contribution in [1.82, 2.24) is 24.6 Å². The third-order valence-corrected chi connectivity index (χ3v) is 5.56. The normalized spacial score (nSPS) is 16.6. The standard InChI is InChI=1S/C20H34N6O2/c1-5-7-16-17-18(24(4)23-16)19(27)22-20(21-17)26(14-15(3)6-2)9-8-25-10-12-28-13-11-25/h15H,5-14H2,1-4H3,(H,21,22,27). The molecule has 8 heteroatoms. The maximum Gasteiger partial charge on any atom is 0.278 e. The van der Waals surface area contributed by atoms with E-state index in [4.69, 9.17) is 9.72 Å². The minimum atomic E-state index is -0.113. The van der Waals surface area contributed by atoms with Crippen LogP contribution in [0.15, 0.2) is 4.79 Å². The van der Waals surface area contributed by atoms with Gasteiger partial charge in [-0.3, -0.25) is 19.4 Å². The van der Waals surface area contributed by atoms with Crippen molar-refractivity contribution in [2.24, 2.45) is 13.0 Å². The number of anilines is 1. The van der Waals surface area contributed by atoms with Crippen LogP contribution in [0.1, 0.15) is 39.3 Å². The lowest BCUT2D eigenvalue weighted by molar-refractivity contribution is 0.0391. The van der Waals surface area contributed by atoms with Crippen molar-refractivity contribution < 1.29 is 4.74 Å². The maximum absolute atomic E-state index is 12.8. The summed E-state index contributed by atoms with van der Waals surface area (Å²) in [7, 11) is 1.81. The highest BCUT2D eigenvalue weighted by molar-refractivity contribution is 5.77. The fourth-order valence-electron chi connectivity index (χ4n) is 3.67. The minimum Gasteiger partial charge on any atom is -0.379 e. The number of aromatic nitrogens is 4. The van der Waals surface area contributed by atoms with Crippen molar-refractivity contribution in [3.63, 3.8) is 0 Å². The van der Waals surface area contributed by atoms with Gasteiger partial charge in [0.1, 0.15) is 5.52 Å². The van der Waals surface area contributed by atoms with Crippen LogP contribution in [0.4, 0.5) is 5.95 Å². The summed E-state index contributed by atoms with van der Waals surface area (Å²) in [5.74, 6) is 1.19. The summed E-state index contributed by atoms with van der Waals surface area (Å²) in [6, 6.07) is 0. The van der Waals surface area contributed by atoms with Crippen LogP contribution in [0.2, 0.25) is 0 Å². The molecule has 0 radical (unpaired) electrons. The minimum absolute atomic E-state index is 0.113. The number of nitrogens with one attached hydrogen (secondary N) is 1. The molecule has 1 unspecified atom stereocenters. The highest BCUT2D eigenvalue weighted by Gasteiger charge is 2.20. The number of aromatic amines is 1. The first-order valence-corrected chi connectivity index (χ1v) is 10.5. The predicted octanol–water partition coefficient (Wildman–Crippen LogP) is 1.79. The molecule has 2 aromatic heterocycles. The molecular weight excluding hydrogens is 356 g/mol. The Morgan fingerprint density at radius 1 is 1.29 bits per heavy atom. The van der Waals surface area contributed by atoms with E-state index in [0.29, 0.717) is 17.4 Å². The quantitative estimate of drug-likeness (QED) is 0.703. The van der Waals surface area contributed by atoms with E-state index in [9.17, 15) is 4.79 Å². The second kappa shape index (κ2) is 9.52. The zero-order valence-corrected chi connectivity index (χ0v) is 17.7. The average molecular weight is 391 g/mol. The van der Waals surface area contributed by atoms with Gasteiger partial charge in [-0.05, 0) is 12.3 Å². The number of hydrogen-bond donors (Lipinski definition) is 1. The lowest BCUT2D eigenvalue weighted by Gasteiger charge is -2.31. The second-order valence-corrected chi connectivity index (χ2v) is 7.82. The van der Waals surface area contributed by atoms with E-state index >= 15 is 0 Å². The Morgan fingerprint density at radius 2 is 2.04 bits per heavy atom. The molecule has 0 saturated carbocycles. The molecule has 3 rings (SSSR count). The van der Waals surface area contributed by atoms with Gasteiger partial charge in [0.2, 0.25) is 5.95 Å². The Hall–Kier alpha value is -1.93. The number of hydrogen-bond acceptors (Lipinski definition) is 6. The number of aryl methyl sites for hydroxylation is 2. The first-order chi connectivity index (χ1) is 13.5. The second-order valence-electron chi connectivity index (χ2n) is 7.82. The van der Waals surface area contributed by atoms with Crippen LogP contribution in [0, 0.1) is 5.92 Å². The molecule has 3 heterocycles. The van der Waals surface area contributed by atoms with Crippen LogP contribution in [-0.4, -0.2) is 70.6 Å². The molecular formula is C20H34N6O2. The first kappa shape index (κ1) is 20.8. The molecule has 1 saturated heterocycles. The van der Waals surface area contributed by atoms with Crippen LogP contribution in [0.3, 0.4) is 0 Å². The topological polar surface area (TPSA) is 79.3 Å². The smallest absolute Gasteiger partial charge is 0.278 e. The average Bonchev–Trinajstić information content (AvgIpc) is 3.01. The fraction of sp³-hybridized carbons (Fsp3) is 0.750. The molecule has 1 N–H and O–H groups in total. The molecule has 0 spiro atoms. The third kappa shape index (κ3) is 4.72. The van der Waals surface area contributed by atoms with Crippen LogP contribution in [-0.2, 0) is 18.2 Å². The molecule has 1 aliphatic rings. The van der Waals surface area contributed by atoms with Crippen LogP contribution < -0.4 is 10.5 Å². The Balaban J connectivity index is 1.90. The highest BCUT2D eigenvalue weighted by atomic mass is 16.5. The largest absolute Gasteiger partial charge is 0.379 e. The SMILES string of the molecule is CCCc1nn(C)c2c(=O)[nH]c(N(CCN3CCOCC3)CC(C)CC)nc12. The van der Waals surface area contributed by atoms with Crippen LogP contribution >= 0.6 is 0 Å². The lowest BCUT2D eigenvalue weighted by atomic mass is 10.1. The van der Waals surface area contributed by atoms with Crippen molar-refractivity contribution in [2.75, 3.05) is 50.8 Å². The van der Waals surface area contributed by atoms with E-state index in [-0.39, 0.29) is 5.56 Å². The number of fused-ring (bicyclic) bond motifs is 1. The number of ether oxygens (including phenoxy) is 1. The van der Waals surface area contributed by atoms with E-state index in [1.807, 2.05) is 7.05 Å². The molecule has 1 atom stereocenters. The molecule has 0 amide bonds. The number of morpholine rings is 1. The molecule has 0 aliphatic carbocycles. The summed E-state index contributed by atoms with van der Waals surface area (Å²) in [6.45, 7) is 12.7. The Bertz CT molecular complexity index is 824. The van der Waals surface area contributed by atoms with Gasteiger partial charge in [-0.1, -0.05) is 33.6 Å². The van der Waals surface area contributed by atoms with Gasteiger partial charge in [-0.2, -0.15) is 5.10 Å². The monoisotopic (exact) mass is 390 g/mol. The Morgan fingerprint density at radius 3 is 2.71 bits per heavy atom. The zero-order chi connectivity index (χ0) is 20.1. The molecule has 2 aromatic rings. The Kier molecular flexibility index (Phi) is 7.07. The Labute approximate surface area is 166 Å². The zero-order valence-electron chi connectivity index (χ0n) is 17.7. The number of rotatable bonds is 9. The molecule has 0 aromatic carbocycles. The van der Waals surface area contributed by atoms with Gasteiger partial charge in [0.15, 0.2) is 5.52 Å². The summed E-state index contributed by atoms with van der Waals surface area (Å²) >= 11 is 0. The lowest BCUT2D eigenvalue weighted by Crippen LogP contribution is -2.43. The van der Waals surface area contributed by atoms with Crippen molar-refractivity contribution >= 4 is 17.0 Å². The van der Waals surface area contributed by atoms with Gasteiger partial charge in [-0.25, -0.2) is 4.98 Å². The van der Waals surface area contributed by atoms with E-state index in [0.717, 1.165) is 76.4 Å². The van der Waals surface area contributed by atoms with E-state index in [1.54, 1.807) is 4.68 Å². The molecule has 1 aliphatic heterocycles. The highest BCUT2D eigenvalue weighted by Crippen LogP contribution is 2.18. The first-order valence-electron chi connectivity index (χ1n) is 10.5. The van der Waals surface area contributed by atoms with Gasteiger partial charge in [0.05, 0.1) is 18.9 Å². The molecule has 156 valence electrons. The van der Waals surface area contributed by atoms with E-state index in [2.05, 4.69) is 40.7 Å². The van der Waals surface area contributed by atoms with Gasteiger partial charge in [0, 0.05) is 39.8 Å². The predicted molar refractivity (Wildman–Crippen MR) is 112 cm³/mol. The molecule has 8 nitrogen and oxygen atoms in total. The number of H-pyrrole nitrogens is 1. The van der Waals surface area contributed by atoms with Crippen molar-refractivity contribution in [2.45, 2.75) is 40.0 Å². The van der Waals surface area contributed by atoms with E-state index in [1.165, 1.54) is 0 Å². The van der Waals surface area contributed by atoms with Crippen LogP contribution in [0.25, 0.3) is 11.0 Å². The summed E-state index contributed by atoms with van der Waals surface area (Å²) in [5.41, 5.74) is 2.09. The maximum atomic E-state index is 12.8. The summed E-state index contributed by atoms with van der Waals surface area (Å²) in [6.07, 6.45) is 2.89. The summed E-state index contributed by atoms with van der Waals surface area (Å²) < 4.78 is 7.11. The molecule has 1 fully saturated rings. The van der Waals surface area contributed by atoms with E-state index < -0.39 is 0 Å². The van der Waals surface area contributed by atoms with Gasteiger partial charge in [-0.15, -0.1) is 0 Å². The number of nitrogens with zero attached hydrogens (tertiary/aromatic N) is 5. The van der Waals surface area contributed by atoms with Crippen molar-refractivity contribution in [3.8, 4) is 0 Å². The van der Waals surface area contributed by atoms with Gasteiger partial charge >= 0.3 is 0 Å².